The minimum Gasteiger partial charge on any atom is -0.381 e. The number of hydrogen-bond donors (Lipinski definition) is 3. The first-order chi connectivity index (χ1) is 19.2. The van der Waals surface area contributed by atoms with Gasteiger partial charge in [0.1, 0.15) is 12.1 Å². The number of fused-ring (bicyclic) bond motifs is 1. The van der Waals surface area contributed by atoms with Crippen LogP contribution in [0.15, 0.2) is 54.6 Å². The number of carbonyl (C=O) groups excluding carboxylic acids is 3. The van der Waals surface area contributed by atoms with Crippen LogP contribution < -0.4 is 10.6 Å². The van der Waals surface area contributed by atoms with Crippen molar-refractivity contribution in [1.82, 2.24) is 15.5 Å². The normalized spacial score (nSPS) is 25.1. The summed E-state index contributed by atoms with van der Waals surface area (Å²) in [6, 6.07) is 15.9. The number of ether oxygens (including phenoxy) is 1. The maximum absolute atomic E-state index is 13.9. The van der Waals surface area contributed by atoms with Crippen molar-refractivity contribution in [3.63, 3.8) is 0 Å². The van der Waals surface area contributed by atoms with Gasteiger partial charge in [0, 0.05) is 11.4 Å². The van der Waals surface area contributed by atoms with Crippen LogP contribution >= 0.6 is 11.8 Å². The Hall–Kier alpha value is -2.88. The number of benzene rings is 2. The van der Waals surface area contributed by atoms with E-state index in [4.69, 9.17) is 4.74 Å². The first-order valence-electron chi connectivity index (χ1n) is 14.2. The van der Waals surface area contributed by atoms with Crippen LogP contribution in [0.3, 0.4) is 0 Å². The molecule has 3 amide bonds. The highest BCUT2D eigenvalue weighted by Crippen LogP contribution is 2.40. The Balaban J connectivity index is 1.34. The Morgan fingerprint density at radius 2 is 1.80 bits per heavy atom. The van der Waals surface area contributed by atoms with E-state index in [9.17, 15) is 19.5 Å². The van der Waals surface area contributed by atoms with E-state index in [0.717, 1.165) is 36.8 Å². The molecular weight excluding hydrogens is 526 g/mol. The summed E-state index contributed by atoms with van der Waals surface area (Å²) in [6.07, 6.45) is 2.38. The smallest absolute Gasteiger partial charge is 0.254 e. The third-order valence-electron chi connectivity index (χ3n) is 8.25. The number of rotatable bonds is 8. The highest BCUT2D eigenvalue weighted by atomic mass is 32.2. The van der Waals surface area contributed by atoms with Gasteiger partial charge in [0.2, 0.25) is 11.8 Å². The van der Waals surface area contributed by atoms with Gasteiger partial charge in [0.05, 0.1) is 18.0 Å². The maximum atomic E-state index is 13.9. The highest BCUT2D eigenvalue weighted by molar-refractivity contribution is 8.00. The number of thioether (sulfide) groups is 1. The van der Waals surface area contributed by atoms with Crippen LogP contribution in [0.1, 0.15) is 62.3 Å². The Labute approximate surface area is 240 Å². The van der Waals surface area contributed by atoms with Crippen LogP contribution in [0.4, 0.5) is 0 Å². The summed E-state index contributed by atoms with van der Waals surface area (Å²) >= 11 is 1.51. The van der Waals surface area contributed by atoms with Crippen molar-refractivity contribution in [2.75, 3.05) is 12.5 Å². The Morgan fingerprint density at radius 3 is 2.55 bits per heavy atom. The molecule has 214 valence electrons. The molecule has 2 heterocycles. The molecule has 0 aromatic heterocycles. The Morgan fingerprint density at radius 1 is 1.05 bits per heavy atom. The van der Waals surface area contributed by atoms with Gasteiger partial charge in [-0.3, -0.25) is 14.4 Å². The van der Waals surface area contributed by atoms with E-state index in [0.29, 0.717) is 13.0 Å². The number of aryl methyl sites for hydroxylation is 1. The number of amides is 3. The molecule has 0 radical (unpaired) electrons. The molecule has 3 aliphatic rings. The fourth-order valence-corrected chi connectivity index (χ4v) is 7.22. The average molecular weight is 566 g/mol. The van der Waals surface area contributed by atoms with Crippen molar-refractivity contribution in [1.29, 1.82) is 0 Å². The van der Waals surface area contributed by atoms with Crippen LogP contribution in [-0.4, -0.2) is 69.3 Å². The molecule has 5 rings (SSSR count). The van der Waals surface area contributed by atoms with Crippen LogP contribution in [0.2, 0.25) is 0 Å². The van der Waals surface area contributed by atoms with Crippen LogP contribution in [0, 0.1) is 0 Å². The summed E-state index contributed by atoms with van der Waals surface area (Å²) < 4.78 is 4.98. The monoisotopic (exact) mass is 565 g/mol. The number of nitrogens with zero attached hydrogens (tertiary/aromatic N) is 1. The Bertz CT molecular complexity index is 1220. The zero-order valence-corrected chi connectivity index (χ0v) is 24.0. The van der Waals surface area contributed by atoms with E-state index < -0.39 is 34.9 Å². The van der Waals surface area contributed by atoms with E-state index in [1.54, 1.807) is 0 Å². The van der Waals surface area contributed by atoms with Gasteiger partial charge in [0.15, 0.2) is 6.10 Å². The minimum absolute atomic E-state index is 0.114. The number of aliphatic hydroxyl groups is 1. The first kappa shape index (κ1) is 28.6. The fourth-order valence-electron chi connectivity index (χ4n) is 6.08. The summed E-state index contributed by atoms with van der Waals surface area (Å²) in [7, 11) is 0. The molecule has 0 saturated carbocycles. The summed E-state index contributed by atoms with van der Waals surface area (Å²) in [4.78, 5) is 42.1. The number of carbonyl (C=O) groups is 3. The van der Waals surface area contributed by atoms with Gasteiger partial charge < -0.3 is 25.4 Å². The number of aliphatic hydroxyl groups excluding tert-OH is 1. The second-order valence-electron chi connectivity index (χ2n) is 11.5. The second-order valence-corrected chi connectivity index (χ2v) is 13.1. The van der Waals surface area contributed by atoms with Crippen molar-refractivity contribution < 1.29 is 24.2 Å². The molecule has 3 N–H and O–H groups in total. The Kier molecular flexibility index (Phi) is 8.83. The van der Waals surface area contributed by atoms with Crippen LogP contribution in [0.5, 0.6) is 0 Å². The zero-order valence-electron chi connectivity index (χ0n) is 23.2. The lowest BCUT2D eigenvalue weighted by Crippen LogP contribution is -2.59. The molecule has 2 saturated heterocycles. The molecule has 8 nitrogen and oxygen atoms in total. The molecule has 2 aromatic rings. The quantitative estimate of drug-likeness (QED) is 0.454. The van der Waals surface area contributed by atoms with Gasteiger partial charge in [-0.05, 0) is 69.1 Å². The van der Waals surface area contributed by atoms with Gasteiger partial charge in [0.25, 0.3) is 5.91 Å². The van der Waals surface area contributed by atoms with E-state index in [-0.39, 0.29) is 30.2 Å². The van der Waals surface area contributed by atoms with Crippen molar-refractivity contribution in [2.24, 2.45) is 0 Å². The predicted octanol–water partition coefficient (Wildman–Crippen LogP) is 3.13. The van der Waals surface area contributed by atoms with Gasteiger partial charge >= 0.3 is 0 Å². The second kappa shape index (κ2) is 12.3. The largest absolute Gasteiger partial charge is 0.381 e. The lowest BCUT2D eigenvalue weighted by molar-refractivity contribution is -0.148. The number of nitrogens with one attached hydrogen (secondary N) is 2. The molecule has 0 spiro atoms. The highest BCUT2D eigenvalue weighted by Gasteiger charge is 2.50. The molecule has 2 aliphatic heterocycles. The summed E-state index contributed by atoms with van der Waals surface area (Å²) in [5.41, 5.74) is 3.25. The zero-order chi connectivity index (χ0) is 28.3. The van der Waals surface area contributed by atoms with E-state index in [1.165, 1.54) is 22.2 Å². The van der Waals surface area contributed by atoms with Crippen LogP contribution in [0.25, 0.3) is 0 Å². The van der Waals surface area contributed by atoms with E-state index in [1.807, 2.05) is 56.3 Å². The maximum Gasteiger partial charge on any atom is 0.254 e. The fraction of sp³-hybridized carbons (Fsp3) is 0.516. The molecule has 2 aromatic carbocycles. The lowest BCUT2D eigenvalue weighted by Gasteiger charge is -2.35. The van der Waals surface area contributed by atoms with Gasteiger partial charge in [-0.25, -0.2) is 0 Å². The molecule has 1 unspecified atom stereocenters. The van der Waals surface area contributed by atoms with Crippen molar-refractivity contribution in [2.45, 2.75) is 87.5 Å². The SMILES string of the molecule is CC1(C)SCN(C(=O)[C@@H](O)[C@H](Cc2ccccc2)NC(=O)[C@@H]2CCCO2)C1C(=O)N[C@H]1CCCc2ccccc21. The predicted molar refractivity (Wildman–Crippen MR) is 154 cm³/mol. The number of hydrogen-bond acceptors (Lipinski definition) is 6. The molecule has 5 atom stereocenters. The van der Waals surface area contributed by atoms with Crippen molar-refractivity contribution in [3.8, 4) is 0 Å². The third kappa shape index (κ3) is 6.21. The molecule has 0 bridgehead atoms. The van der Waals surface area contributed by atoms with Crippen LogP contribution in [-0.2, 0) is 32.0 Å². The molecule has 9 heteroatoms. The molecule has 40 heavy (non-hydrogen) atoms. The lowest BCUT2D eigenvalue weighted by atomic mass is 9.87. The summed E-state index contributed by atoms with van der Waals surface area (Å²) in [6.45, 7) is 4.43. The standard InChI is InChI=1S/C31H39N3O5S/c1-31(2)27(29(37)32-23-15-8-13-21-12-6-7-14-22(21)23)34(19-40-31)30(38)26(35)24(18-20-10-4-3-5-11-20)33-28(36)25-16-9-17-39-25/h3-7,10-12,14,23-27,35H,8-9,13,15-19H2,1-2H3,(H,32,37)(H,33,36)/t23-,24-,25-,26-,27?/m0/s1. The topological polar surface area (TPSA) is 108 Å². The van der Waals surface area contributed by atoms with E-state index in [2.05, 4.69) is 22.8 Å². The van der Waals surface area contributed by atoms with Gasteiger partial charge in [-0.15, -0.1) is 11.8 Å². The summed E-state index contributed by atoms with van der Waals surface area (Å²) in [5, 5.41) is 17.5. The van der Waals surface area contributed by atoms with Crippen molar-refractivity contribution in [3.05, 3.63) is 71.3 Å². The van der Waals surface area contributed by atoms with E-state index >= 15 is 0 Å². The average Bonchev–Trinajstić information content (AvgIpc) is 3.60. The van der Waals surface area contributed by atoms with Gasteiger partial charge in [-0.2, -0.15) is 0 Å². The molecule has 2 fully saturated rings. The third-order valence-corrected chi connectivity index (χ3v) is 9.62. The molecular formula is C31H39N3O5S. The van der Waals surface area contributed by atoms with Crippen molar-refractivity contribution >= 4 is 29.5 Å². The van der Waals surface area contributed by atoms with Gasteiger partial charge in [-0.1, -0.05) is 54.6 Å². The minimum atomic E-state index is -1.52. The molecule has 1 aliphatic carbocycles. The first-order valence-corrected chi connectivity index (χ1v) is 15.2. The summed E-state index contributed by atoms with van der Waals surface area (Å²) in [5.74, 6) is -0.831.